The third-order valence-corrected chi connectivity index (χ3v) is 5.51. The molecule has 7 nitrogen and oxygen atoms in total. The fourth-order valence-electron chi connectivity index (χ4n) is 3.42. The van der Waals surface area contributed by atoms with Gasteiger partial charge in [0, 0.05) is 43.6 Å². The summed E-state index contributed by atoms with van der Waals surface area (Å²) < 4.78 is 5.98. The molecule has 1 aromatic carbocycles. The van der Waals surface area contributed by atoms with Crippen LogP contribution in [0.25, 0.3) is 11.3 Å². The van der Waals surface area contributed by atoms with Gasteiger partial charge in [0.05, 0.1) is 11.9 Å². The maximum absolute atomic E-state index is 6.01. The highest BCUT2D eigenvalue weighted by Crippen LogP contribution is 2.28. The minimum absolute atomic E-state index is 0.250. The second-order valence-corrected chi connectivity index (χ2v) is 7.84. The highest BCUT2D eigenvalue weighted by molar-refractivity contribution is 6.29. The first kappa shape index (κ1) is 20.4. The number of likely N-dealkylation sites (N-methyl/N-ethyl adjacent to an activating group) is 1. The quantitative estimate of drug-likeness (QED) is 0.626. The van der Waals surface area contributed by atoms with Gasteiger partial charge in [-0.25, -0.2) is 15.0 Å². The van der Waals surface area contributed by atoms with E-state index in [9.17, 15) is 0 Å². The number of piperazine rings is 1. The van der Waals surface area contributed by atoms with Crippen LogP contribution in [0.5, 0.6) is 5.88 Å². The third kappa shape index (κ3) is 4.63. The lowest BCUT2D eigenvalue weighted by Gasteiger charge is -2.34. The summed E-state index contributed by atoms with van der Waals surface area (Å²) in [6.07, 6.45) is 3.02. The van der Waals surface area contributed by atoms with E-state index >= 15 is 0 Å². The highest BCUT2D eigenvalue weighted by Gasteiger charge is 2.16. The topological polar surface area (TPSA) is 80.4 Å². The van der Waals surface area contributed by atoms with Gasteiger partial charge < -0.3 is 20.3 Å². The second kappa shape index (κ2) is 8.85. The molecule has 0 spiro atoms. The Labute approximate surface area is 181 Å². The molecule has 1 aliphatic rings. The second-order valence-electron chi connectivity index (χ2n) is 7.45. The molecule has 3 aromatic rings. The van der Waals surface area contributed by atoms with Crippen LogP contribution in [0.15, 0.2) is 48.8 Å². The third-order valence-electron chi connectivity index (χ3n) is 5.31. The van der Waals surface area contributed by atoms with Crippen LogP contribution < -0.4 is 15.4 Å². The summed E-state index contributed by atoms with van der Waals surface area (Å²) >= 11 is 5.98. The molecule has 1 atom stereocenters. The predicted molar refractivity (Wildman–Crippen MR) is 120 cm³/mol. The molecule has 0 radical (unpaired) electrons. The molecule has 156 valence electrons. The molecule has 1 unspecified atom stereocenters. The van der Waals surface area contributed by atoms with E-state index in [1.165, 1.54) is 5.69 Å². The fraction of sp³-hybridized carbons (Fsp3) is 0.318. The van der Waals surface area contributed by atoms with E-state index in [4.69, 9.17) is 22.1 Å². The van der Waals surface area contributed by atoms with E-state index in [0.717, 1.165) is 37.3 Å². The monoisotopic (exact) mass is 424 g/mol. The SMILES string of the molecule is CC(Oc1nc(-c2ccc(N3CCN(C)CC3)cc2)cnc1N)c1ccnc(Cl)c1. The van der Waals surface area contributed by atoms with Gasteiger partial charge in [0.15, 0.2) is 5.82 Å². The minimum atomic E-state index is -0.294. The molecule has 4 rings (SSSR count). The van der Waals surface area contributed by atoms with Crippen LogP contribution in [0.3, 0.4) is 0 Å². The average molecular weight is 425 g/mol. The lowest BCUT2D eigenvalue weighted by molar-refractivity contribution is 0.218. The van der Waals surface area contributed by atoms with Crippen LogP contribution in [0.4, 0.5) is 11.5 Å². The van der Waals surface area contributed by atoms with Gasteiger partial charge in [-0.05, 0) is 43.8 Å². The number of hydrogen-bond acceptors (Lipinski definition) is 7. The Morgan fingerprint density at radius 2 is 1.80 bits per heavy atom. The van der Waals surface area contributed by atoms with E-state index in [2.05, 4.69) is 56.1 Å². The number of hydrogen-bond donors (Lipinski definition) is 1. The van der Waals surface area contributed by atoms with Crippen molar-refractivity contribution in [2.75, 3.05) is 43.9 Å². The lowest BCUT2D eigenvalue weighted by atomic mass is 10.1. The molecule has 3 heterocycles. The number of ether oxygens (including phenoxy) is 1. The number of rotatable bonds is 5. The Morgan fingerprint density at radius 1 is 1.07 bits per heavy atom. The average Bonchev–Trinajstić information content (AvgIpc) is 2.76. The largest absolute Gasteiger partial charge is 0.467 e. The van der Waals surface area contributed by atoms with Crippen LogP contribution in [0.1, 0.15) is 18.6 Å². The van der Waals surface area contributed by atoms with E-state index in [1.54, 1.807) is 18.5 Å². The van der Waals surface area contributed by atoms with Gasteiger partial charge in [0.25, 0.3) is 5.88 Å². The molecule has 0 aliphatic carbocycles. The molecular weight excluding hydrogens is 400 g/mol. The Kier molecular flexibility index (Phi) is 6.01. The number of nitrogens with zero attached hydrogens (tertiary/aromatic N) is 5. The van der Waals surface area contributed by atoms with Crippen molar-refractivity contribution in [3.63, 3.8) is 0 Å². The fourth-order valence-corrected chi connectivity index (χ4v) is 3.60. The maximum Gasteiger partial charge on any atom is 0.258 e. The van der Waals surface area contributed by atoms with Crippen molar-refractivity contribution >= 4 is 23.1 Å². The molecule has 0 bridgehead atoms. The zero-order chi connectivity index (χ0) is 21.1. The summed E-state index contributed by atoms with van der Waals surface area (Å²) in [5, 5.41) is 0.413. The summed E-state index contributed by atoms with van der Waals surface area (Å²) in [6, 6.07) is 12.0. The molecule has 8 heteroatoms. The maximum atomic E-state index is 6.01. The summed E-state index contributed by atoms with van der Waals surface area (Å²) in [4.78, 5) is 17.6. The van der Waals surface area contributed by atoms with E-state index in [0.29, 0.717) is 16.7 Å². The highest BCUT2D eigenvalue weighted by atomic mass is 35.5. The van der Waals surface area contributed by atoms with Gasteiger partial charge in [-0.15, -0.1) is 0 Å². The van der Waals surface area contributed by atoms with Gasteiger partial charge in [-0.1, -0.05) is 23.7 Å². The summed E-state index contributed by atoms with van der Waals surface area (Å²) in [7, 11) is 2.16. The van der Waals surface area contributed by atoms with Gasteiger partial charge in [-0.2, -0.15) is 0 Å². The van der Waals surface area contributed by atoms with Crippen molar-refractivity contribution in [3.8, 4) is 17.1 Å². The number of nitrogen functional groups attached to an aromatic ring is 1. The molecule has 2 N–H and O–H groups in total. The van der Waals surface area contributed by atoms with Gasteiger partial charge in [-0.3, -0.25) is 0 Å². The van der Waals surface area contributed by atoms with E-state index in [1.807, 2.05) is 13.0 Å². The van der Waals surface area contributed by atoms with Crippen LogP contribution >= 0.6 is 11.6 Å². The molecule has 30 heavy (non-hydrogen) atoms. The van der Waals surface area contributed by atoms with Crippen molar-refractivity contribution in [2.24, 2.45) is 0 Å². The molecule has 0 amide bonds. The predicted octanol–water partition coefficient (Wildman–Crippen LogP) is 3.67. The summed E-state index contributed by atoms with van der Waals surface area (Å²) in [6.45, 7) is 6.13. The number of anilines is 2. The molecule has 1 aliphatic heterocycles. The summed E-state index contributed by atoms with van der Waals surface area (Å²) in [5.41, 5.74) is 9.79. The Bertz CT molecular complexity index is 1000. The number of aromatic nitrogens is 3. The number of nitrogens with two attached hydrogens (primary N) is 1. The van der Waals surface area contributed by atoms with Gasteiger partial charge in [0.2, 0.25) is 0 Å². The molecule has 0 saturated carbocycles. The Hall–Kier alpha value is -2.90. The van der Waals surface area contributed by atoms with Crippen molar-refractivity contribution < 1.29 is 4.74 Å². The van der Waals surface area contributed by atoms with Crippen LogP contribution in [0.2, 0.25) is 5.15 Å². The van der Waals surface area contributed by atoms with Crippen molar-refractivity contribution in [1.82, 2.24) is 19.9 Å². The first-order valence-corrected chi connectivity index (χ1v) is 10.3. The zero-order valence-electron chi connectivity index (χ0n) is 17.1. The van der Waals surface area contributed by atoms with E-state index < -0.39 is 0 Å². The zero-order valence-corrected chi connectivity index (χ0v) is 17.9. The number of pyridine rings is 1. The van der Waals surface area contributed by atoms with Crippen LogP contribution in [-0.4, -0.2) is 53.1 Å². The first-order valence-electron chi connectivity index (χ1n) is 9.94. The van der Waals surface area contributed by atoms with Crippen molar-refractivity contribution in [3.05, 3.63) is 59.5 Å². The molecule has 1 saturated heterocycles. The normalized spacial score (nSPS) is 15.8. The first-order chi connectivity index (χ1) is 14.5. The van der Waals surface area contributed by atoms with E-state index in [-0.39, 0.29) is 11.9 Å². The summed E-state index contributed by atoms with van der Waals surface area (Å²) in [5.74, 6) is 0.552. The van der Waals surface area contributed by atoms with Gasteiger partial charge in [0.1, 0.15) is 11.3 Å². The number of benzene rings is 1. The Balaban J connectivity index is 1.51. The van der Waals surface area contributed by atoms with Crippen molar-refractivity contribution in [1.29, 1.82) is 0 Å². The smallest absolute Gasteiger partial charge is 0.258 e. The molecule has 1 fully saturated rings. The number of halogens is 1. The molecule has 2 aromatic heterocycles. The Morgan fingerprint density at radius 3 is 2.50 bits per heavy atom. The van der Waals surface area contributed by atoms with Crippen LogP contribution in [-0.2, 0) is 0 Å². The standard InChI is InChI=1S/C22H25ClN6O/c1-15(17-7-8-25-20(23)13-17)30-22-21(24)26-14-19(27-22)16-3-5-18(6-4-16)29-11-9-28(2)10-12-29/h3-8,13-15H,9-12H2,1-2H3,(H2,24,26). The van der Waals surface area contributed by atoms with Crippen LogP contribution in [0, 0.1) is 0 Å². The molecular formula is C22H25ClN6O. The van der Waals surface area contributed by atoms with Gasteiger partial charge >= 0.3 is 0 Å². The minimum Gasteiger partial charge on any atom is -0.467 e. The lowest BCUT2D eigenvalue weighted by Crippen LogP contribution is -2.44. The van der Waals surface area contributed by atoms with Crippen molar-refractivity contribution in [2.45, 2.75) is 13.0 Å².